The van der Waals surface area contributed by atoms with Gasteiger partial charge in [-0.15, -0.1) is 11.3 Å². The summed E-state index contributed by atoms with van der Waals surface area (Å²) in [5.74, 6) is 2.28. The summed E-state index contributed by atoms with van der Waals surface area (Å²) in [4.78, 5) is 4.74. The number of methoxy groups -OCH3 is 2. The molecule has 2 aromatic carbocycles. The van der Waals surface area contributed by atoms with Crippen molar-refractivity contribution in [3.63, 3.8) is 0 Å². The smallest absolute Gasteiger partial charge is 0.161 e. The van der Waals surface area contributed by atoms with Crippen LogP contribution in [0.5, 0.6) is 17.2 Å². The Bertz CT molecular complexity index is 812. The summed E-state index contributed by atoms with van der Waals surface area (Å²) in [6.45, 7) is 2.64. The Morgan fingerprint density at radius 1 is 0.917 bits per heavy atom. The van der Waals surface area contributed by atoms with E-state index >= 15 is 0 Å². The van der Waals surface area contributed by atoms with Crippen molar-refractivity contribution in [3.05, 3.63) is 47.8 Å². The molecule has 124 valence electrons. The number of rotatable bonds is 6. The van der Waals surface area contributed by atoms with Crippen molar-refractivity contribution in [2.45, 2.75) is 6.92 Å². The van der Waals surface area contributed by atoms with Crippen molar-refractivity contribution < 1.29 is 14.2 Å². The average molecular weight is 341 g/mol. The van der Waals surface area contributed by atoms with Crippen LogP contribution in [0, 0.1) is 0 Å². The van der Waals surface area contributed by atoms with E-state index in [0.717, 1.165) is 27.6 Å². The lowest BCUT2D eigenvalue weighted by Gasteiger charge is -2.08. The van der Waals surface area contributed by atoms with Crippen LogP contribution in [0.3, 0.4) is 0 Å². The molecule has 0 fully saturated rings. The molecule has 0 amide bonds. The third kappa shape index (κ3) is 3.36. The molecule has 1 heterocycles. The molecule has 3 rings (SSSR count). The third-order valence-corrected chi connectivity index (χ3v) is 4.49. The van der Waals surface area contributed by atoms with E-state index in [0.29, 0.717) is 18.1 Å². The molecule has 1 aromatic heterocycles. The normalized spacial score (nSPS) is 10.5. The maximum absolute atomic E-state index is 5.48. The summed E-state index contributed by atoms with van der Waals surface area (Å²) in [7, 11) is 3.26. The van der Waals surface area contributed by atoms with Crippen molar-refractivity contribution in [2.75, 3.05) is 20.8 Å². The first-order chi connectivity index (χ1) is 11.7. The summed E-state index contributed by atoms with van der Waals surface area (Å²) in [5.41, 5.74) is 3.00. The number of aromatic nitrogens is 1. The highest BCUT2D eigenvalue weighted by atomic mass is 32.1. The van der Waals surface area contributed by atoms with E-state index in [1.165, 1.54) is 0 Å². The molecular formula is C19H19NO3S. The predicted octanol–water partition coefficient (Wildman–Crippen LogP) is 4.89. The van der Waals surface area contributed by atoms with Crippen molar-refractivity contribution >= 4 is 11.3 Å². The molecule has 0 aliphatic heterocycles. The van der Waals surface area contributed by atoms with E-state index in [1.54, 1.807) is 25.6 Å². The molecule has 0 atom stereocenters. The van der Waals surface area contributed by atoms with Gasteiger partial charge in [-0.1, -0.05) is 0 Å². The number of hydrogen-bond donors (Lipinski definition) is 0. The molecular weight excluding hydrogens is 322 g/mol. The van der Waals surface area contributed by atoms with Gasteiger partial charge in [0.2, 0.25) is 0 Å². The monoisotopic (exact) mass is 341 g/mol. The van der Waals surface area contributed by atoms with Crippen LogP contribution in [0.25, 0.3) is 21.8 Å². The van der Waals surface area contributed by atoms with Crippen LogP contribution < -0.4 is 14.2 Å². The maximum atomic E-state index is 5.48. The number of benzene rings is 2. The second-order valence-electron chi connectivity index (χ2n) is 5.07. The molecule has 24 heavy (non-hydrogen) atoms. The zero-order valence-electron chi connectivity index (χ0n) is 13.9. The van der Waals surface area contributed by atoms with Gasteiger partial charge >= 0.3 is 0 Å². The number of thiazole rings is 1. The van der Waals surface area contributed by atoms with Gasteiger partial charge in [0.05, 0.1) is 26.5 Å². The molecule has 0 saturated carbocycles. The lowest BCUT2D eigenvalue weighted by atomic mass is 10.1. The fourth-order valence-corrected chi connectivity index (χ4v) is 3.23. The number of hydrogen-bond acceptors (Lipinski definition) is 5. The van der Waals surface area contributed by atoms with Gasteiger partial charge in [0.1, 0.15) is 10.8 Å². The quantitative estimate of drug-likeness (QED) is 0.640. The van der Waals surface area contributed by atoms with Crippen LogP contribution in [0.15, 0.2) is 47.8 Å². The third-order valence-electron chi connectivity index (χ3n) is 3.60. The first-order valence-corrected chi connectivity index (χ1v) is 8.54. The Hall–Kier alpha value is -2.53. The number of nitrogens with zero attached hydrogens (tertiary/aromatic N) is 1. The molecule has 0 N–H and O–H groups in total. The van der Waals surface area contributed by atoms with Crippen LogP contribution in [-0.2, 0) is 0 Å². The zero-order valence-corrected chi connectivity index (χ0v) is 14.7. The molecule has 5 heteroatoms. The van der Waals surface area contributed by atoms with Crippen molar-refractivity contribution in [2.24, 2.45) is 0 Å². The van der Waals surface area contributed by atoms with Crippen LogP contribution in [-0.4, -0.2) is 25.8 Å². The average Bonchev–Trinajstić information content (AvgIpc) is 3.12. The summed E-state index contributed by atoms with van der Waals surface area (Å²) >= 11 is 1.62. The van der Waals surface area contributed by atoms with Gasteiger partial charge < -0.3 is 14.2 Å². The lowest BCUT2D eigenvalue weighted by Crippen LogP contribution is -1.91. The second-order valence-corrected chi connectivity index (χ2v) is 5.92. The minimum absolute atomic E-state index is 0.667. The van der Waals surface area contributed by atoms with E-state index in [9.17, 15) is 0 Å². The highest BCUT2D eigenvalue weighted by Crippen LogP contribution is 2.34. The van der Waals surface area contributed by atoms with Gasteiger partial charge in [0.15, 0.2) is 11.5 Å². The van der Waals surface area contributed by atoms with Gasteiger partial charge in [-0.05, 0) is 49.4 Å². The fourth-order valence-electron chi connectivity index (χ4n) is 2.39. The SMILES string of the molecule is CCOc1ccc(-c2nc(-c3ccc(OC)c(OC)c3)cs2)cc1. The Morgan fingerprint density at radius 3 is 2.29 bits per heavy atom. The lowest BCUT2D eigenvalue weighted by molar-refractivity contribution is 0.340. The Kier molecular flexibility index (Phi) is 5.01. The largest absolute Gasteiger partial charge is 0.494 e. The maximum Gasteiger partial charge on any atom is 0.161 e. The van der Waals surface area contributed by atoms with Gasteiger partial charge in [-0.3, -0.25) is 0 Å². The molecule has 0 bridgehead atoms. The number of ether oxygens (including phenoxy) is 3. The van der Waals surface area contributed by atoms with Crippen LogP contribution in [0.2, 0.25) is 0 Å². The Labute approximate surface area is 145 Å². The molecule has 0 aliphatic carbocycles. The minimum Gasteiger partial charge on any atom is -0.494 e. The van der Waals surface area contributed by atoms with E-state index in [2.05, 4.69) is 0 Å². The predicted molar refractivity (Wildman–Crippen MR) is 97.3 cm³/mol. The van der Waals surface area contributed by atoms with Crippen molar-refractivity contribution in [1.29, 1.82) is 0 Å². The van der Waals surface area contributed by atoms with Gasteiger partial charge in [0, 0.05) is 16.5 Å². The topological polar surface area (TPSA) is 40.6 Å². The highest BCUT2D eigenvalue weighted by Gasteiger charge is 2.10. The zero-order chi connectivity index (χ0) is 16.9. The van der Waals surface area contributed by atoms with E-state index in [1.807, 2.05) is 54.8 Å². The standard InChI is InChI=1S/C19H19NO3S/c1-4-23-15-8-5-13(6-9-15)19-20-16(12-24-19)14-7-10-17(21-2)18(11-14)22-3/h5-12H,4H2,1-3H3. The summed E-state index contributed by atoms with van der Waals surface area (Å²) in [5, 5.41) is 3.02. The minimum atomic E-state index is 0.667. The molecule has 0 saturated heterocycles. The highest BCUT2D eigenvalue weighted by molar-refractivity contribution is 7.13. The molecule has 3 aromatic rings. The summed E-state index contributed by atoms with van der Waals surface area (Å²) < 4.78 is 16.1. The molecule has 0 spiro atoms. The Balaban J connectivity index is 1.87. The second kappa shape index (κ2) is 7.36. The Morgan fingerprint density at radius 2 is 1.62 bits per heavy atom. The first-order valence-electron chi connectivity index (χ1n) is 7.66. The van der Waals surface area contributed by atoms with Gasteiger partial charge in [-0.25, -0.2) is 4.98 Å². The van der Waals surface area contributed by atoms with Gasteiger partial charge in [0.25, 0.3) is 0 Å². The summed E-state index contributed by atoms with van der Waals surface area (Å²) in [6, 6.07) is 13.8. The molecule has 0 aliphatic rings. The van der Waals surface area contributed by atoms with Crippen molar-refractivity contribution in [3.8, 4) is 39.1 Å². The molecule has 0 unspecified atom stereocenters. The fraction of sp³-hybridized carbons (Fsp3) is 0.211. The first kappa shape index (κ1) is 16.3. The van der Waals surface area contributed by atoms with Crippen molar-refractivity contribution in [1.82, 2.24) is 4.98 Å². The van der Waals surface area contributed by atoms with E-state index in [-0.39, 0.29) is 0 Å². The van der Waals surface area contributed by atoms with Crippen LogP contribution >= 0.6 is 11.3 Å². The summed E-state index contributed by atoms with van der Waals surface area (Å²) in [6.07, 6.45) is 0. The van der Waals surface area contributed by atoms with Gasteiger partial charge in [-0.2, -0.15) is 0 Å². The molecule has 4 nitrogen and oxygen atoms in total. The molecule has 0 radical (unpaired) electrons. The van der Waals surface area contributed by atoms with E-state index < -0.39 is 0 Å². The van der Waals surface area contributed by atoms with Crippen LogP contribution in [0.1, 0.15) is 6.92 Å². The van der Waals surface area contributed by atoms with E-state index in [4.69, 9.17) is 19.2 Å². The van der Waals surface area contributed by atoms with Crippen LogP contribution in [0.4, 0.5) is 0 Å².